The van der Waals surface area contributed by atoms with E-state index in [0.717, 1.165) is 73.2 Å². The topological polar surface area (TPSA) is 86.8 Å². The maximum atomic E-state index is 12.1. The van der Waals surface area contributed by atoms with Gasteiger partial charge in [-0.15, -0.1) is 0 Å². The van der Waals surface area contributed by atoms with Crippen LogP contribution in [0.15, 0.2) is 30.7 Å². The number of carbonyl (C=O) groups excluding carboxylic acids is 1. The fourth-order valence-corrected chi connectivity index (χ4v) is 4.86. The second-order valence-corrected chi connectivity index (χ2v) is 8.95. The van der Waals surface area contributed by atoms with Gasteiger partial charge in [-0.2, -0.15) is 0 Å². The minimum Gasteiger partial charge on any atom is -0.354 e. The summed E-state index contributed by atoms with van der Waals surface area (Å²) in [4.78, 5) is 31.1. The first-order chi connectivity index (χ1) is 15.1. The molecular weight excluding hydrogens is 412 g/mol. The number of anilines is 1. The van der Waals surface area contributed by atoms with Crippen molar-refractivity contribution in [3.05, 3.63) is 35.9 Å². The summed E-state index contributed by atoms with van der Waals surface area (Å²) in [5.41, 5.74) is 3.53. The third kappa shape index (κ3) is 4.24. The van der Waals surface area contributed by atoms with Gasteiger partial charge < -0.3 is 15.2 Å². The van der Waals surface area contributed by atoms with E-state index in [1.807, 2.05) is 12.3 Å². The first-order valence-corrected chi connectivity index (χ1v) is 11.5. The van der Waals surface area contributed by atoms with Gasteiger partial charge in [0.1, 0.15) is 16.5 Å². The molecule has 2 N–H and O–H groups in total. The Morgan fingerprint density at radius 1 is 1.16 bits per heavy atom. The summed E-state index contributed by atoms with van der Waals surface area (Å²) < 4.78 is 0. The number of halogens is 1. The SMILES string of the molecule is CCN(c1cc(-c2c[nH]c3nccnc23)cc(Cl)n1)C1CCC(NC(=O)C2CC2)CC1. The molecule has 31 heavy (non-hydrogen) atoms. The molecule has 0 aliphatic heterocycles. The largest absolute Gasteiger partial charge is 0.354 e. The van der Waals surface area contributed by atoms with Gasteiger partial charge in [0.05, 0.1) is 0 Å². The highest BCUT2D eigenvalue weighted by Crippen LogP contribution is 2.34. The van der Waals surface area contributed by atoms with E-state index in [-0.39, 0.29) is 11.8 Å². The van der Waals surface area contributed by atoms with Crippen molar-refractivity contribution in [3.63, 3.8) is 0 Å². The molecule has 3 aromatic heterocycles. The number of H-pyrrole nitrogens is 1. The number of hydrogen-bond donors (Lipinski definition) is 2. The van der Waals surface area contributed by atoms with Crippen LogP contribution in [0.4, 0.5) is 5.82 Å². The third-order valence-electron chi connectivity index (χ3n) is 6.47. The summed E-state index contributed by atoms with van der Waals surface area (Å²) in [6, 6.07) is 4.66. The van der Waals surface area contributed by atoms with E-state index in [1.165, 1.54) is 0 Å². The number of fused-ring (bicyclic) bond motifs is 1. The van der Waals surface area contributed by atoms with Crippen LogP contribution in [0, 0.1) is 5.92 Å². The van der Waals surface area contributed by atoms with Crippen molar-refractivity contribution >= 4 is 34.5 Å². The highest BCUT2D eigenvalue weighted by atomic mass is 35.5. The molecule has 3 aromatic rings. The van der Waals surface area contributed by atoms with Crippen LogP contribution in [0.5, 0.6) is 0 Å². The monoisotopic (exact) mass is 438 g/mol. The maximum absolute atomic E-state index is 12.1. The molecule has 1 amide bonds. The van der Waals surface area contributed by atoms with Crippen molar-refractivity contribution in [1.29, 1.82) is 0 Å². The van der Waals surface area contributed by atoms with Gasteiger partial charge in [-0.1, -0.05) is 11.6 Å². The lowest BCUT2D eigenvalue weighted by Gasteiger charge is -2.37. The van der Waals surface area contributed by atoms with Crippen LogP contribution >= 0.6 is 11.6 Å². The minimum atomic E-state index is 0.249. The molecule has 2 aliphatic rings. The van der Waals surface area contributed by atoms with Crippen LogP contribution in [-0.2, 0) is 4.79 Å². The lowest BCUT2D eigenvalue weighted by molar-refractivity contribution is -0.123. The van der Waals surface area contributed by atoms with E-state index in [0.29, 0.717) is 17.2 Å². The van der Waals surface area contributed by atoms with Crippen molar-refractivity contribution in [1.82, 2.24) is 25.3 Å². The van der Waals surface area contributed by atoms with E-state index in [2.05, 4.69) is 43.1 Å². The summed E-state index contributed by atoms with van der Waals surface area (Å²) in [7, 11) is 0. The average Bonchev–Trinajstić information content (AvgIpc) is 3.54. The standard InChI is InChI=1S/C23H27ClN6O/c1-2-30(17-7-5-16(6-8-17)28-23(31)14-3-4-14)20-12-15(11-19(24)29-20)18-13-27-22-21(18)25-9-10-26-22/h9-14,16-17H,2-8H2,1H3,(H,26,27)(H,28,31). The predicted octanol–water partition coefficient (Wildman–Crippen LogP) is 4.34. The second-order valence-electron chi connectivity index (χ2n) is 8.57. The zero-order valence-corrected chi connectivity index (χ0v) is 18.4. The Morgan fingerprint density at radius 2 is 1.94 bits per heavy atom. The molecule has 5 rings (SSSR count). The van der Waals surface area contributed by atoms with Crippen molar-refractivity contribution < 1.29 is 4.79 Å². The van der Waals surface area contributed by atoms with E-state index < -0.39 is 0 Å². The lowest BCUT2D eigenvalue weighted by Crippen LogP contribution is -2.44. The summed E-state index contributed by atoms with van der Waals surface area (Å²) in [6.07, 6.45) is 11.5. The fraction of sp³-hybridized carbons (Fsp3) is 0.478. The zero-order chi connectivity index (χ0) is 21.4. The highest BCUT2D eigenvalue weighted by Gasteiger charge is 2.33. The van der Waals surface area contributed by atoms with Crippen LogP contribution in [0.2, 0.25) is 5.15 Å². The van der Waals surface area contributed by atoms with E-state index >= 15 is 0 Å². The lowest BCUT2D eigenvalue weighted by atomic mass is 9.90. The van der Waals surface area contributed by atoms with E-state index in [1.54, 1.807) is 12.4 Å². The molecule has 0 spiro atoms. The number of nitrogens with one attached hydrogen (secondary N) is 2. The smallest absolute Gasteiger partial charge is 0.223 e. The number of carbonyl (C=O) groups is 1. The normalized spacial score (nSPS) is 21.2. The number of pyridine rings is 1. The molecule has 2 saturated carbocycles. The molecule has 0 atom stereocenters. The van der Waals surface area contributed by atoms with Gasteiger partial charge in [-0.05, 0) is 63.1 Å². The summed E-state index contributed by atoms with van der Waals surface area (Å²) in [6.45, 7) is 3.00. The molecular formula is C23H27ClN6O. The van der Waals surface area contributed by atoms with Crippen molar-refractivity contribution in [2.75, 3.05) is 11.4 Å². The van der Waals surface area contributed by atoms with Gasteiger partial charge in [0.15, 0.2) is 5.65 Å². The molecule has 0 saturated heterocycles. The van der Waals surface area contributed by atoms with Crippen molar-refractivity contribution in [2.24, 2.45) is 5.92 Å². The van der Waals surface area contributed by atoms with Crippen molar-refractivity contribution in [2.45, 2.75) is 57.5 Å². The van der Waals surface area contributed by atoms with Crippen LogP contribution < -0.4 is 10.2 Å². The van der Waals surface area contributed by atoms with Gasteiger partial charge in [0, 0.05) is 48.7 Å². The van der Waals surface area contributed by atoms with Crippen LogP contribution in [-0.4, -0.2) is 44.5 Å². The van der Waals surface area contributed by atoms with Gasteiger partial charge >= 0.3 is 0 Å². The third-order valence-corrected chi connectivity index (χ3v) is 6.66. The number of aromatic amines is 1. The van der Waals surface area contributed by atoms with Gasteiger partial charge in [-0.25, -0.2) is 9.97 Å². The van der Waals surface area contributed by atoms with E-state index in [4.69, 9.17) is 11.6 Å². The Labute approximate surface area is 186 Å². The molecule has 0 aromatic carbocycles. The van der Waals surface area contributed by atoms with Crippen LogP contribution in [0.3, 0.4) is 0 Å². The molecule has 162 valence electrons. The summed E-state index contributed by atoms with van der Waals surface area (Å²) in [5.74, 6) is 1.40. The minimum absolute atomic E-state index is 0.249. The molecule has 3 heterocycles. The van der Waals surface area contributed by atoms with Crippen LogP contribution in [0.25, 0.3) is 22.3 Å². The first-order valence-electron chi connectivity index (χ1n) is 11.2. The molecule has 7 nitrogen and oxygen atoms in total. The second kappa shape index (κ2) is 8.46. The molecule has 8 heteroatoms. The maximum Gasteiger partial charge on any atom is 0.223 e. The molecule has 2 aliphatic carbocycles. The number of hydrogen-bond acceptors (Lipinski definition) is 5. The Kier molecular flexibility index (Phi) is 5.52. The number of rotatable bonds is 6. The van der Waals surface area contributed by atoms with Crippen LogP contribution in [0.1, 0.15) is 45.4 Å². The number of amides is 1. The molecule has 0 bridgehead atoms. The Hall–Kier alpha value is -2.67. The molecule has 0 unspecified atom stereocenters. The van der Waals surface area contributed by atoms with Gasteiger partial charge in [0.25, 0.3) is 0 Å². The Bertz CT molecular complexity index is 1090. The Morgan fingerprint density at radius 3 is 2.68 bits per heavy atom. The zero-order valence-electron chi connectivity index (χ0n) is 17.6. The summed E-state index contributed by atoms with van der Waals surface area (Å²) in [5, 5.41) is 3.71. The number of nitrogens with zero attached hydrogens (tertiary/aromatic N) is 4. The Balaban J connectivity index is 1.34. The predicted molar refractivity (Wildman–Crippen MR) is 122 cm³/mol. The molecule has 2 fully saturated rings. The highest BCUT2D eigenvalue weighted by molar-refractivity contribution is 6.29. The number of aromatic nitrogens is 4. The fourth-order valence-electron chi connectivity index (χ4n) is 4.66. The van der Waals surface area contributed by atoms with Crippen molar-refractivity contribution in [3.8, 4) is 11.1 Å². The van der Waals surface area contributed by atoms with Gasteiger partial charge in [-0.3, -0.25) is 9.78 Å². The van der Waals surface area contributed by atoms with E-state index in [9.17, 15) is 4.79 Å². The van der Waals surface area contributed by atoms with Gasteiger partial charge in [0.2, 0.25) is 5.91 Å². The molecule has 0 radical (unpaired) electrons. The quantitative estimate of drug-likeness (QED) is 0.559. The average molecular weight is 439 g/mol. The summed E-state index contributed by atoms with van der Waals surface area (Å²) >= 11 is 6.44. The first kappa shape index (κ1) is 20.2.